The van der Waals surface area contributed by atoms with Gasteiger partial charge in [-0.05, 0) is 18.1 Å². The molecule has 0 amide bonds. The molecule has 1 aliphatic carbocycles. The first kappa shape index (κ1) is 12.3. The van der Waals surface area contributed by atoms with E-state index in [0.717, 1.165) is 39.3 Å². The molecule has 0 radical (unpaired) electrons. The van der Waals surface area contributed by atoms with Gasteiger partial charge in [0.25, 0.3) is 0 Å². The fourth-order valence-electron chi connectivity index (χ4n) is 3.11. The molecule has 4 nitrogen and oxygen atoms in total. The Morgan fingerprint density at radius 3 is 3.05 bits per heavy atom. The Kier molecular flexibility index (Phi) is 2.64. The lowest BCUT2D eigenvalue weighted by Crippen LogP contribution is -2.27. The molecule has 0 fully saturated rings. The number of esters is 1. The number of aromatic hydroxyl groups is 1. The Hall–Kier alpha value is -2.49. The van der Waals surface area contributed by atoms with Crippen LogP contribution in [-0.2, 0) is 16.0 Å². The lowest BCUT2D eigenvalue weighted by atomic mass is 9.97. The van der Waals surface area contributed by atoms with Crippen LogP contribution in [0.4, 0.5) is 0 Å². The molecule has 1 aromatic rings. The molecule has 0 unspecified atom stereocenters. The van der Waals surface area contributed by atoms with E-state index in [-0.39, 0.29) is 18.3 Å². The van der Waals surface area contributed by atoms with Gasteiger partial charge in [-0.25, -0.2) is 4.79 Å². The second-order valence-electron chi connectivity index (χ2n) is 5.30. The molecule has 106 valence electrons. The van der Waals surface area contributed by atoms with Crippen LogP contribution in [0.1, 0.15) is 12.0 Å². The Bertz CT molecular complexity index is 827. The summed E-state index contributed by atoms with van der Waals surface area (Å²) in [6, 6.07) is 1.74. The van der Waals surface area contributed by atoms with Gasteiger partial charge in [-0.15, -0.1) is 0 Å². The molecule has 0 spiro atoms. The fraction of sp³-hybridized carbons (Fsp3) is 0.235. The van der Waals surface area contributed by atoms with Gasteiger partial charge in [-0.2, -0.15) is 0 Å². The summed E-state index contributed by atoms with van der Waals surface area (Å²) < 4.78 is 10.9. The number of fused-ring (bicyclic) bond motifs is 4. The minimum absolute atomic E-state index is 0.179. The average molecular weight is 282 g/mol. The summed E-state index contributed by atoms with van der Waals surface area (Å²) in [7, 11) is 0. The van der Waals surface area contributed by atoms with Crippen molar-refractivity contribution in [2.45, 2.75) is 12.8 Å². The third-order valence-corrected chi connectivity index (χ3v) is 4.02. The molecule has 1 aromatic carbocycles. The molecular formula is C17H14O4. The minimum atomic E-state index is -0.344. The first-order chi connectivity index (χ1) is 10.2. The quantitative estimate of drug-likeness (QED) is 0.712. The van der Waals surface area contributed by atoms with Crippen molar-refractivity contribution in [2.75, 3.05) is 13.2 Å². The van der Waals surface area contributed by atoms with Crippen molar-refractivity contribution in [3.8, 4) is 11.5 Å². The number of ether oxygens (including phenoxy) is 2. The van der Waals surface area contributed by atoms with E-state index in [1.165, 1.54) is 6.08 Å². The fourth-order valence-corrected chi connectivity index (χ4v) is 3.11. The van der Waals surface area contributed by atoms with Crippen molar-refractivity contribution in [3.05, 3.63) is 45.9 Å². The monoisotopic (exact) mass is 282 g/mol. The van der Waals surface area contributed by atoms with Crippen LogP contribution >= 0.6 is 0 Å². The summed E-state index contributed by atoms with van der Waals surface area (Å²) >= 11 is 0. The van der Waals surface area contributed by atoms with Crippen molar-refractivity contribution in [1.82, 2.24) is 0 Å². The number of phenolic OH excluding ortho intramolecular Hbond substituents is 1. The zero-order valence-electron chi connectivity index (χ0n) is 11.4. The zero-order chi connectivity index (χ0) is 14.4. The Morgan fingerprint density at radius 2 is 2.14 bits per heavy atom. The molecule has 2 aliphatic heterocycles. The predicted molar refractivity (Wildman–Crippen MR) is 77.2 cm³/mol. The largest absolute Gasteiger partial charge is 0.507 e. The second kappa shape index (κ2) is 4.52. The number of hydrogen-bond acceptors (Lipinski definition) is 4. The molecule has 21 heavy (non-hydrogen) atoms. The Morgan fingerprint density at radius 1 is 1.24 bits per heavy atom. The number of phenols is 1. The van der Waals surface area contributed by atoms with Crippen molar-refractivity contribution in [3.63, 3.8) is 0 Å². The average Bonchev–Trinajstić information content (AvgIpc) is 2.67. The minimum Gasteiger partial charge on any atom is -0.507 e. The van der Waals surface area contributed by atoms with Gasteiger partial charge in [0.05, 0.1) is 6.61 Å². The summed E-state index contributed by atoms with van der Waals surface area (Å²) in [5, 5.41) is 12.1. The van der Waals surface area contributed by atoms with E-state index in [1.54, 1.807) is 6.07 Å². The van der Waals surface area contributed by atoms with Crippen molar-refractivity contribution < 1.29 is 19.4 Å². The van der Waals surface area contributed by atoms with E-state index in [9.17, 15) is 9.90 Å². The van der Waals surface area contributed by atoms with Crippen molar-refractivity contribution in [1.29, 1.82) is 0 Å². The molecule has 3 aliphatic rings. The van der Waals surface area contributed by atoms with Crippen LogP contribution in [0.5, 0.6) is 11.5 Å². The van der Waals surface area contributed by atoms with Crippen LogP contribution in [0.15, 0.2) is 29.9 Å². The number of benzene rings is 1. The van der Waals surface area contributed by atoms with E-state index < -0.39 is 0 Å². The standard InChI is InChI=1S/C17H14O4/c18-14-7-11-4-2-6-20-17(11)12-5-1-3-10-8-15(19)21-9-13(10)16(12)14/h1,3-4,7-8,18H,2,5-6,9H2. The molecule has 0 bridgehead atoms. The van der Waals surface area contributed by atoms with Crippen molar-refractivity contribution in [2.24, 2.45) is 0 Å². The number of carbonyl (C=O) groups excluding carboxylic acids is 1. The van der Waals surface area contributed by atoms with Gasteiger partial charge < -0.3 is 14.6 Å². The molecule has 0 aromatic heterocycles. The van der Waals surface area contributed by atoms with Crippen LogP contribution in [0.2, 0.25) is 0 Å². The summed E-state index contributed by atoms with van der Waals surface area (Å²) in [5.41, 5.74) is 2.61. The van der Waals surface area contributed by atoms with E-state index in [4.69, 9.17) is 9.47 Å². The smallest absolute Gasteiger partial charge is 0.331 e. The maximum absolute atomic E-state index is 11.4. The highest BCUT2D eigenvalue weighted by Crippen LogP contribution is 2.26. The third-order valence-electron chi connectivity index (χ3n) is 4.02. The SMILES string of the molecule is O=C1C=C2C=CCc3c4c(cc(O)c3=C2CO1)=CCCO4. The van der Waals surface area contributed by atoms with E-state index in [1.807, 2.05) is 12.2 Å². The number of cyclic esters (lactones) is 1. The number of rotatable bonds is 0. The number of hydrogen-bond donors (Lipinski definition) is 1. The highest BCUT2D eigenvalue weighted by atomic mass is 16.5. The molecule has 0 saturated heterocycles. The Labute approximate surface area is 121 Å². The van der Waals surface area contributed by atoms with Gasteiger partial charge in [0.1, 0.15) is 18.1 Å². The second-order valence-corrected chi connectivity index (χ2v) is 5.30. The van der Waals surface area contributed by atoms with Crippen molar-refractivity contribution >= 4 is 17.6 Å². The van der Waals surface area contributed by atoms with E-state index >= 15 is 0 Å². The van der Waals surface area contributed by atoms with Crippen LogP contribution in [-0.4, -0.2) is 24.3 Å². The summed E-state index contributed by atoms with van der Waals surface area (Å²) in [6.45, 7) is 0.832. The van der Waals surface area contributed by atoms with Crippen LogP contribution in [0.25, 0.3) is 11.6 Å². The zero-order valence-corrected chi connectivity index (χ0v) is 11.4. The van der Waals surface area contributed by atoms with E-state index in [2.05, 4.69) is 6.08 Å². The Balaban J connectivity index is 2.13. The van der Waals surface area contributed by atoms with Gasteiger partial charge in [-0.1, -0.05) is 18.2 Å². The van der Waals surface area contributed by atoms with Crippen LogP contribution < -0.4 is 15.2 Å². The lowest BCUT2D eigenvalue weighted by Gasteiger charge is -2.19. The molecule has 0 saturated carbocycles. The van der Waals surface area contributed by atoms with Gasteiger partial charge in [0.2, 0.25) is 0 Å². The predicted octanol–water partition coefficient (Wildman–Crippen LogP) is 0.701. The molecule has 4 heteroatoms. The number of carbonyl (C=O) groups is 1. The lowest BCUT2D eigenvalue weighted by molar-refractivity contribution is -0.136. The molecule has 4 rings (SSSR count). The maximum Gasteiger partial charge on any atom is 0.331 e. The highest BCUT2D eigenvalue weighted by molar-refractivity contribution is 5.92. The summed E-state index contributed by atoms with van der Waals surface area (Å²) in [6.07, 6.45) is 8.96. The third kappa shape index (κ3) is 1.87. The van der Waals surface area contributed by atoms with Crippen LogP contribution in [0, 0.1) is 0 Å². The first-order valence-corrected chi connectivity index (χ1v) is 7.00. The summed E-state index contributed by atoms with van der Waals surface area (Å²) in [4.78, 5) is 11.4. The van der Waals surface area contributed by atoms with Crippen LogP contribution in [0.3, 0.4) is 0 Å². The highest BCUT2D eigenvalue weighted by Gasteiger charge is 2.22. The molecular weight excluding hydrogens is 268 g/mol. The topological polar surface area (TPSA) is 55.8 Å². The maximum atomic E-state index is 11.4. The first-order valence-electron chi connectivity index (χ1n) is 7.00. The normalized spacial score (nSPS) is 19.1. The van der Waals surface area contributed by atoms with Gasteiger partial charge in [0, 0.05) is 34.1 Å². The summed E-state index contributed by atoms with van der Waals surface area (Å²) in [5.74, 6) is 0.710. The molecule has 2 heterocycles. The number of allylic oxidation sites excluding steroid dienone is 2. The van der Waals surface area contributed by atoms with Gasteiger partial charge in [-0.3, -0.25) is 0 Å². The molecule has 1 N–H and O–H groups in total. The molecule has 0 atom stereocenters. The van der Waals surface area contributed by atoms with Gasteiger partial charge in [0.15, 0.2) is 0 Å². The van der Waals surface area contributed by atoms with Gasteiger partial charge >= 0.3 is 5.97 Å². The van der Waals surface area contributed by atoms with E-state index in [0.29, 0.717) is 13.0 Å².